The maximum Gasteiger partial charge on any atom is 0.320 e. The number of aryl methyl sites for hydroxylation is 1. The number of anilines is 1. The highest BCUT2D eigenvalue weighted by Gasteiger charge is 2.26. The van der Waals surface area contributed by atoms with E-state index in [0.717, 1.165) is 19.5 Å². The predicted octanol–water partition coefficient (Wildman–Crippen LogP) is 1.73. The van der Waals surface area contributed by atoms with E-state index in [0.29, 0.717) is 13.1 Å². The van der Waals surface area contributed by atoms with E-state index in [2.05, 4.69) is 35.3 Å². The van der Waals surface area contributed by atoms with E-state index < -0.39 is 12.0 Å². The van der Waals surface area contributed by atoms with Gasteiger partial charge in [-0.15, -0.1) is 0 Å². The standard InChI is InChI=1S/C19H29N3O3/c1-4-15(3)18(19(24)25)20-13-17(23)22-10-8-21(9-11-22)16-7-5-6-14(2)12-16/h5-7,12,15,18,20H,4,8-11,13H2,1-3H3,(H,24,25)/t15-,18-/m0/s1. The molecule has 0 aliphatic carbocycles. The number of hydrogen-bond donors (Lipinski definition) is 2. The lowest BCUT2D eigenvalue weighted by atomic mass is 9.99. The Balaban J connectivity index is 1.83. The molecule has 1 saturated heterocycles. The molecule has 6 heteroatoms. The van der Waals surface area contributed by atoms with E-state index in [-0.39, 0.29) is 18.4 Å². The molecule has 1 aromatic carbocycles. The number of carboxylic acids is 1. The molecular formula is C19H29N3O3. The van der Waals surface area contributed by atoms with Crippen LogP contribution in [0.15, 0.2) is 24.3 Å². The summed E-state index contributed by atoms with van der Waals surface area (Å²) in [4.78, 5) is 27.8. The van der Waals surface area contributed by atoms with Gasteiger partial charge in [0.25, 0.3) is 0 Å². The molecule has 6 nitrogen and oxygen atoms in total. The third-order valence-electron chi connectivity index (χ3n) is 4.95. The van der Waals surface area contributed by atoms with Gasteiger partial charge in [0.2, 0.25) is 5.91 Å². The molecule has 0 aromatic heterocycles. The van der Waals surface area contributed by atoms with Crippen molar-refractivity contribution < 1.29 is 14.7 Å². The predicted molar refractivity (Wildman–Crippen MR) is 98.9 cm³/mol. The lowest BCUT2D eigenvalue weighted by Gasteiger charge is -2.36. The minimum atomic E-state index is -0.897. The van der Waals surface area contributed by atoms with Gasteiger partial charge in [0, 0.05) is 31.9 Å². The van der Waals surface area contributed by atoms with Gasteiger partial charge in [-0.2, -0.15) is 0 Å². The minimum Gasteiger partial charge on any atom is -0.480 e. The van der Waals surface area contributed by atoms with Crippen LogP contribution in [0.5, 0.6) is 0 Å². The van der Waals surface area contributed by atoms with E-state index in [1.54, 1.807) is 0 Å². The Labute approximate surface area is 149 Å². The summed E-state index contributed by atoms with van der Waals surface area (Å²) in [6.07, 6.45) is 0.757. The fraction of sp³-hybridized carbons (Fsp3) is 0.579. The van der Waals surface area contributed by atoms with Crippen molar-refractivity contribution in [2.24, 2.45) is 5.92 Å². The molecule has 1 aliphatic rings. The van der Waals surface area contributed by atoms with Gasteiger partial charge < -0.3 is 14.9 Å². The first kappa shape index (κ1) is 19.2. The fourth-order valence-corrected chi connectivity index (χ4v) is 3.12. The van der Waals surface area contributed by atoms with Crippen molar-refractivity contribution in [2.45, 2.75) is 33.2 Å². The Kier molecular flexibility index (Phi) is 6.82. The molecule has 0 bridgehead atoms. The van der Waals surface area contributed by atoms with Crippen LogP contribution in [0.25, 0.3) is 0 Å². The highest BCUT2D eigenvalue weighted by molar-refractivity contribution is 5.80. The van der Waals surface area contributed by atoms with Crippen LogP contribution in [0, 0.1) is 12.8 Å². The molecule has 1 heterocycles. The smallest absolute Gasteiger partial charge is 0.320 e. The van der Waals surface area contributed by atoms with Crippen LogP contribution in [0.4, 0.5) is 5.69 Å². The topological polar surface area (TPSA) is 72.9 Å². The zero-order chi connectivity index (χ0) is 18.4. The van der Waals surface area contributed by atoms with Gasteiger partial charge in [-0.1, -0.05) is 32.4 Å². The number of hydrogen-bond acceptors (Lipinski definition) is 4. The number of carbonyl (C=O) groups is 2. The molecule has 0 unspecified atom stereocenters. The zero-order valence-electron chi connectivity index (χ0n) is 15.4. The second kappa shape index (κ2) is 8.85. The summed E-state index contributed by atoms with van der Waals surface area (Å²) in [6, 6.07) is 7.69. The molecular weight excluding hydrogens is 318 g/mol. The van der Waals surface area contributed by atoms with Crippen LogP contribution >= 0.6 is 0 Å². The number of nitrogens with one attached hydrogen (secondary N) is 1. The molecule has 2 atom stereocenters. The summed E-state index contributed by atoms with van der Waals surface area (Å²) in [7, 11) is 0. The van der Waals surface area contributed by atoms with Crippen molar-refractivity contribution in [1.29, 1.82) is 0 Å². The number of rotatable bonds is 7. The number of nitrogens with zero attached hydrogens (tertiary/aromatic N) is 2. The van der Waals surface area contributed by atoms with Gasteiger partial charge in [0.15, 0.2) is 0 Å². The summed E-state index contributed by atoms with van der Waals surface area (Å²) in [5, 5.41) is 12.2. The quantitative estimate of drug-likeness (QED) is 0.786. The van der Waals surface area contributed by atoms with Gasteiger partial charge in [0.1, 0.15) is 6.04 Å². The molecule has 2 rings (SSSR count). The maximum atomic E-state index is 12.4. The third-order valence-corrected chi connectivity index (χ3v) is 4.95. The Morgan fingerprint density at radius 3 is 2.48 bits per heavy atom. The van der Waals surface area contributed by atoms with Gasteiger partial charge in [-0.25, -0.2) is 0 Å². The van der Waals surface area contributed by atoms with E-state index >= 15 is 0 Å². The molecule has 25 heavy (non-hydrogen) atoms. The van der Waals surface area contributed by atoms with Gasteiger partial charge in [-0.05, 0) is 30.5 Å². The fourth-order valence-electron chi connectivity index (χ4n) is 3.12. The van der Waals surface area contributed by atoms with Crippen molar-refractivity contribution >= 4 is 17.6 Å². The van der Waals surface area contributed by atoms with Gasteiger partial charge >= 0.3 is 5.97 Å². The van der Waals surface area contributed by atoms with Crippen LogP contribution in [-0.2, 0) is 9.59 Å². The summed E-state index contributed by atoms with van der Waals surface area (Å²) in [6.45, 7) is 8.90. The van der Waals surface area contributed by atoms with Crippen molar-refractivity contribution in [3.05, 3.63) is 29.8 Å². The SMILES string of the molecule is CC[C@H](C)[C@H](NCC(=O)N1CCN(c2cccc(C)c2)CC1)C(=O)O. The monoisotopic (exact) mass is 347 g/mol. The third kappa shape index (κ3) is 5.19. The molecule has 1 fully saturated rings. The Morgan fingerprint density at radius 2 is 1.92 bits per heavy atom. The van der Waals surface area contributed by atoms with Crippen molar-refractivity contribution in [1.82, 2.24) is 10.2 Å². The average Bonchev–Trinajstić information content (AvgIpc) is 2.61. The summed E-state index contributed by atoms with van der Waals surface area (Å²) in [5.74, 6) is -0.937. The molecule has 0 saturated carbocycles. The first-order valence-electron chi connectivity index (χ1n) is 8.98. The number of benzene rings is 1. The highest BCUT2D eigenvalue weighted by Crippen LogP contribution is 2.17. The average molecular weight is 347 g/mol. The van der Waals surface area contributed by atoms with Crippen LogP contribution in [-0.4, -0.2) is 60.6 Å². The molecule has 0 radical (unpaired) electrons. The van der Waals surface area contributed by atoms with Gasteiger partial charge in [0.05, 0.1) is 6.54 Å². The summed E-state index contributed by atoms with van der Waals surface area (Å²) in [5.41, 5.74) is 2.41. The van der Waals surface area contributed by atoms with Crippen LogP contribution in [0.1, 0.15) is 25.8 Å². The zero-order valence-corrected chi connectivity index (χ0v) is 15.4. The number of amides is 1. The van der Waals surface area contributed by atoms with E-state index in [9.17, 15) is 14.7 Å². The summed E-state index contributed by atoms with van der Waals surface area (Å²) < 4.78 is 0. The van der Waals surface area contributed by atoms with Crippen molar-refractivity contribution in [3.8, 4) is 0 Å². The van der Waals surface area contributed by atoms with E-state index in [1.165, 1.54) is 11.3 Å². The maximum absolute atomic E-state index is 12.4. The molecule has 1 amide bonds. The van der Waals surface area contributed by atoms with E-state index in [1.807, 2.05) is 24.8 Å². The number of carboxylic acid groups (broad SMARTS) is 1. The Hall–Kier alpha value is -2.08. The van der Waals surface area contributed by atoms with Crippen molar-refractivity contribution in [3.63, 3.8) is 0 Å². The normalized spacial score (nSPS) is 17.2. The molecule has 138 valence electrons. The lowest BCUT2D eigenvalue weighted by molar-refractivity contribution is -0.141. The highest BCUT2D eigenvalue weighted by atomic mass is 16.4. The van der Waals surface area contributed by atoms with Crippen LogP contribution < -0.4 is 10.2 Å². The first-order chi connectivity index (χ1) is 11.9. The molecule has 2 N–H and O–H groups in total. The van der Waals surface area contributed by atoms with Gasteiger partial charge in [-0.3, -0.25) is 14.9 Å². The summed E-state index contributed by atoms with van der Waals surface area (Å²) >= 11 is 0. The second-order valence-corrected chi connectivity index (χ2v) is 6.79. The van der Waals surface area contributed by atoms with E-state index in [4.69, 9.17) is 0 Å². The first-order valence-corrected chi connectivity index (χ1v) is 8.98. The Bertz CT molecular complexity index is 597. The van der Waals surface area contributed by atoms with Crippen molar-refractivity contribution in [2.75, 3.05) is 37.6 Å². The molecule has 0 spiro atoms. The van der Waals surface area contributed by atoms with Crippen LogP contribution in [0.2, 0.25) is 0 Å². The number of aliphatic carboxylic acids is 1. The number of carbonyl (C=O) groups excluding carboxylic acids is 1. The largest absolute Gasteiger partial charge is 0.480 e. The lowest BCUT2D eigenvalue weighted by Crippen LogP contribution is -2.53. The molecule has 1 aliphatic heterocycles. The Morgan fingerprint density at radius 1 is 1.24 bits per heavy atom. The van der Waals surface area contributed by atoms with Crippen LogP contribution in [0.3, 0.4) is 0 Å². The molecule has 1 aromatic rings. The minimum absolute atomic E-state index is 0.0107. The second-order valence-electron chi connectivity index (χ2n) is 6.79. The number of piperazine rings is 1.